The molecule has 0 fully saturated rings. The lowest BCUT2D eigenvalue weighted by molar-refractivity contribution is -0.116. The Morgan fingerprint density at radius 3 is 2.56 bits per heavy atom. The van der Waals surface area contributed by atoms with E-state index in [0.29, 0.717) is 11.1 Å². The second-order valence-electron chi connectivity index (χ2n) is 5.14. The molecular formula is C17H12N4O4. The second kappa shape index (κ2) is 5.98. The van der Waals surface area contributed by atoms with E-state index in [1.54, 1.807) is 24.3 Å². The van der Waals surface area contributed by atoms with E-state index < -0.39 is 23.1 Å². The maximum absolute atomic E-state index is 12.0. The van der Waals surface area contributed by atoms with Gasteiger partial charge in [-0.25, -0.2) is 4.85 Å². The molecule has 0 saturated heterocycles. The summed E-state index contributed by atoms with van der Waals surface area (Å²) in [5.41, 5.74) is 0.342. The smallest absolute Gasteiger partial charge is 0.275 e. The summed E-state index contributed by atoms with van der Waals surface area (Å²) in [6.45, 7) is 7.27. The van der Waals surface area contributed by atoms with Gasteiger partial charge in [0.15, 0.2) is 0 Å². The SMILES string of the molecule is [C-]#[N+]C(C(=O)NC)=C1N=C(c2c(O)cc(=O)[nH]c2O)c2ccccc21. The van der Waals surface area contributed by atoms with Crippen LogP contribution in [0.2, 0.25) is 0 Å². The van der Waals surface area contributed by atoms with Crippen molar-refractivity contribution in [1.29, 1.82) is 0 Å². The Morgan fingerprint density at radius 2 is 1.96 bits per heavy atom. The van der Waals surface area contributed by atoms with E-state index in [2.05, 4.69) is 20.1 Å². The molecule has 0 spiro atoms. The van der Waals surface area contributed by atoms with Crippen LogP contribution in [0.4, 0.5) is 0 Å². The van der Waals surface area contributed by atoms with Crippen molar-refractivity contribution in [3.63, 3.8) is 0 Å². The van der Waals surface area contributed by atoms with Crippen molar-refractivity contribution in [3.8, 4) is 11.6 Å². The first-order valence-corrected chi connectivity index (χ1v) is 7.15. The summed E-state index contributed by atoms with van der Waals surface area (Å²) >= 11 is 0. The predicted octanol–water partition coefficient (Wildman–Crippen LogP) is 0.971. The van der Waals surface area contributed by atoms with E-state index >= 15 is 0 Å². The number of nitrogens with zero attached hydrogens (tertiary/aromatic N) is 2. The molecule has 1 amide bonds. The van der Waals surface area contributed by atoms with Crippen molar-refractivity contribution in [2.45, 2.75) is 0 Å². The molecule has 0 radical (unpaired) electrons. The lowest BCUT2D eigenvalue weighted by Gasteiger charge is -2.07. The fraction of sp³-hybridized carbons (Fsp3) is 0.0588. The molecule has 3 rings (SSSR count). The Labute approximate surface area is 141 Å². The third-order valence-electron chi connectivity index (χ3n) is 3.68. The first kappa shape index (κ1) is 16.0. The van der Waals surface area contributed by atoms with Gasteiger partial charge in [0.2, 0.25) is 5.88 Å². The number of aromatic hydroxyl groups is 2. The summed E-state index contributed by atoms with van der Waals surface area (Å²) in [5.74, 6) is -1.61. The minimum absolute atomic E-state index is 0.0803. The van der Waals surface area contributed by atoms with Crippen LogP contribution in [-0.4, -0.2) is 33.9 Å². The van der Waals surface area contributed by atoms with E-state index in [0.717, 1.165) is 6.07 Å². The standard InChI is InChI=1S/C17H12N4O4/c1-18-15(17(25)19-2)14-9-6-4-3-5-8(9)13(21-14)12-10(22)7-11(23)20-16(12)24/h3-7H,2H3,(H,19,25)(H3,20,22,23,24). The van der Waals surface area contributed by atoms with Gasteiger partial charge in [0.25, 0.3) is 17.2 Å². The van der Waals surface area contributed by atoms with Gasteiger partial charge in [-0.15, -0.1) is 0 Å². The minimum atomic E-state index is -0.673. The van der Waals surface area contributed by atoms with E-state index in [-0.39, 0.29) is 22.7 Å². The van der Waals surface area contributed by atoms with Crippen LogP contribution in [0.5, 0.6) is 11.6 Å². The summed E-state index contributed by atoms with van der Waals surface area (Å²) in [5, 5.41) is 22.5. The number of carbonyl (C=O) groups excluding carboxylic acids is 1. The molecule has 1 aromatic heterocycles. The van der Waals surface area contributed by atoms with Gasteiger partial charge >= 0.3 is 0 Å². The molecule has 0 aliphatic carbocycles. The van der Waals surface area contributed by atoms with E-state index in [4.69, 9.17) is 6.57 Å². The number of hydrogen-bond donors (Lipinski definition) is 4. The highest BCUT2D eigenvalue weighted by molar-refractivity contribution is 6.24. The molecule has 1 aliphatic heterocycles. The Hall–Kier alpha value is -3.86. The van der Waals surface area contributed by atoms with Gasteiger partial charge in [0, 0.05) is 18.7 Å². The summed E-state index contributed by atoms with van der Waals surface area (Å²) in [6.07, 6.45) is 0. The third-order valence-corrected chi connectivity index (χ3v) is 3.68. The number of aliphatic imine (C=N–C) groups is 1. The fourth-order valence-corrected chi connectivity index (χ4v) is 2.60. The van der Waals surface area contributed by atoms with Gasteiger partial charge in [-0.05, 0) is 5.56 Å². The summed E-state index contributed by atoms with van der Waals surface area (Å²) < 4.78 is 0. The number of rotatable bonds is 2. The van der Waals surface area contributed by atoms with E-state index in [1.807, 2.05) is 0 Å². The maximum Gasteiger partial charge on any atom is 0.275 e. The van der Waals surface area contributed by atoms with Crippen LogP contribution in [0.3, 0.4) is 0 Å². The molecule has 0 saturated carbocycles. The van der Waals surface area contributed by atoms with Crippen LogP contribution < -0.4 is 10.9 Å². The van der Waals surface area contributed by atoms with Crippen LogP contribution in [0.15, 0.2) is 45.8 Å². The number of hydrogen-bond acceptors (Lipinski definition) is 5. The number of nitrogens with one attached hydrogen (secondary N) is 2. The first-order chi connectivity index (χ1) is 12.0. The highest BCUT2D eigenvalue weighted by Gasteiger charge is 2.29. The number of H-pyrrole nitrogens is 1. The van der Waals surface area contributed by atoms with Crippen LogP contribution in [0.1, 0.15) is 16.7 Å². The lowest BCUT2D eigenvalue weighted by atomic mass is 9.99. The molecule has 8 nitrogen and oxygen atoms in total. The zero-order valence-electron chi connectivity index (χ0n) is 13.0. The van der Waals surface area contributed by atoms with Crippen LogP contribution >= 0.6 is 0 Å². The highest BCUT2D eigenvalue weighted by Crippen LogP contribution is 2.37. The quantitative estimate of drug-likeness (QED) is 0.482. The van der Waals surface area contributed by atoms with Gasteiger partial charge in [0.05, 0.1) is 18.0 Å². The average molecular weight is 336 g/mol. The number of fused-ring (bicyclic) bond motifs is 1. The van der Waals surface area contributed by atoms with E-state index in [9.17, 15) is 19.8 Å². The Kier molecular flexibility index (Phi) is 3.83. The Balaban J connectivity index is 2.35. The van der Waals surface area contributed by atoms with Crippen molar-refractivity contribution < 1.29 is 15.0 Å². The van der Waals surface area contributed by atoms with Crippen LogP contribution in [-0.2, 0) is 4.79 Å². The zero-order valence-corrected chi connectivity index (χ0v) is 13.0. The number of carbonyl (C=O) groups is 1. The molecule has 25 heavy (non-hydrogen) atoms. The summed E-state index contributed by atoms with van der Waals surface area (Å²) in [7, 11) is 1.40. The number of likely N-dealkylation sites (N-methyl/N-ethyl adjacent to an activating group) is 1. The number of benzene rings is 1. The molecule has 0 unspecified atom stereocenters. The molecule has 1 aromatic carbocycles. The van der Waals surface area contributed by atoms with Gasteiger partial charge < -0.3 is 15.5 Å². The van der Waals surface area contributed by atoms with Gasteiger partial charge in [-0.3, -0.25) is 19.6 Å². The first-order valence-electron chi connectivity index (χ1n) is 7.15. The van der Waals surface area contributed by atoms with Crippen molar-refractivity contribution in [2.24, 2.45) is 4.99 Å². The Morgan fingerprint density at radius 1 is 1.28 bits per heavy atom. The topological polar surface area (TPSA) is 119 Å². The van der Waals surface area contributed by atoms with E-state index in [1.165, 1.54) is 7.05 Å². The fourth-order valence-electron chi connectivity index (χ4n) is 2.60. The number of pyridine rings is 1. The summed E-state index contributed by atoms with van der Waals surface area (Å²) in [4.78, 5) is 33.1. The average Bonchev–Trinajstić information content (AvgIpc) is 2.94. The number of amides is 1. The molecule has 1 aliphatic rings. The molecule has 0 atom stereocenters. The van der Waals surface area contributed by atoms with Crippen molar-refractivity contribution >= 4 is 17.3 Å². The van der Waals surface area contributed by atoms with Crippen LogP contribution in [0, 0.1) is 6.57 Å². The maximum atomic E-state index is 12.0. The Bertz CT molecular complexity index is 1030. The largest absolute Gasteiger partial charge is 0.507 e. The molecule has 0 bridgehead atoms. The van der Waals surface area contributed by atoms with Gasteiger partial charge in [-0.1, -0.05) is 24.3 Å². The monoisotopic (exact) mass is 336 g/mol. The third kappa shape index (κ3) is 2.53. The van der Waals surface area contributed by atoms with Crippen LogP contribution in [0.25, 0.3) is 10.5 Å². The lowest BCUT2D eigenvalue weighted by Crippen LogP contribution is -2.19. The molecule has 4 N–H and O–H groups in total. The molecule has 124 valence electrons. The number of aromatic nitrogens is 1. The second-order valence-corrected chi connectivity index (χ2v) is 5.14. The normalized spacial score (nSPS) is 14.3. The predicted molar refractivity (Wildman–Crippen MR) is 90.1 cm³/mol. The van der Waals surface area contributed by atoms with Crippen molar-refractivity contribution in [2.75, 3.05) is 7.05 Å². The molecular weight excluding hydrogens is 324 g/mol. The minimum Gasteiger partial charge on any atom is -0.507 e. The molecule has 8 heteroatoms. The molecule has 2 aromatic rings. The summed E-state index contributed by atoms with van der Waals surface area (Å²) in [6, 6.07) is 7.70. The highest BCUT2D eigenvalue weighted by atomic mass is 16.3. The van der Waals surface area contributed by atoms with Crippen molar-refractivity contribution in [3.05, 3.63) is 74.5 Å². The molecule has 2 heterocycles. The zero-order chi connectivity index (χ0) is 18.1. The van der Waals surface area contributed by atoms with Gasteiger partial charge in [0.1, 0.15) is 11.3 Å². The number of aromatic amines is 1. The van der Waals surface area contributed by atoms with Crippen molar-refractivity contribution in [1.82, 2.24) is 10.3 Å². The van der Waals surface area contributed by atoms with Gasteiger partial charge in [-0.2, -0.15) is 0 Å².